The Morgan fingerprint density at radius 2 is 1.41 bits per heavy atom. The molecule has 0 radical (unpaired) electrons. The second-order valence-corrected chi connectivity index (χ2v) is 9.86. The molecule has 0 heterocycles. The van der Waals surface area contributed by atoms with Crippen molar-refractivity contribution >= 4 is 10.8 Å². The third kappa shape index (κ3) is 5.16. The Bertz CT molecular complexity index is 763. The number of benzene rings is 2. The molecular weight excluding hydrogens is 352 g/mol. The molecule has 2 aromatic carbocycles. The fourth-order valence-corrected chi connectivity index (χ4v) is 6.18. The smallest absolute Gasteiger partial charge is 0.119 e. The zero-order chi connectivity index (χ0) is 20.1. The summed E-state index contributed by atoms with van der Waals surface area (Å²) in [5.74, 6) is 4.80. The van der Waals surface area contributed by atoms with E-state index in [1.54, 1.807) is 12.7 Å². The van der Waals surface area contributed by atoms with E-state index < -0.39 is 0 Å². The van der Waals surface area contributed by atoms with E-state index in [1.807, 2.05) is 0 Å². The van der Waals surface area contributed by atoms with Crippen LogP contribution in [0.2, 0.25) is 0 Å². The molecule has 0 amide bonds. The molecule has 158 valence electrons. The lowest BCUT2D eigenvalue weighted by Gasteiger charge is -2.38. The Morgan fingerprint density at radius 3 is 2.10 bits per heavy atom. The first kappa shape index (κ1) is 20.8. The Morgan fingerprint density at radius 1 is 0.759 bits per heavy atom. The summed E-state index contributed by atoms with van der Waals surface area (Å²) in [6.45, 7) is 2.32. The number of rotatable bonds is 7. The van der Waals surface area contributed by atoms with Gasteiger partial charge in [0.15, 0.2) is 0 Å². The zero-order valence-corrected chi connectivity index (χ0v) is 18.7. The average Bonchev–Trinajstić information content (AvgIpc) is 2.79. The summed E-state index contributed by atoms with van der Waals surface area (Å²) in [5.41, 5.74) is 1.56. The Balaban J connectivity index is 1.28. The molecule has 29 heavy (non-hydrogen) atoms. The summed E-state index contributed by atoms with van der Waals surface area (Å²) in [5, 5.41) is 2.64. The Kier molecular flexibility index (Phi) is 7.16. The van der Waals surface area contributed by atoms with Gasteiger partial charge in [-0.25, -0.2) is 0 Å². The molecule has 0 atom stereocenters. The van der Waals surface area contributed by atoms with Gasteiger partial charge in [0.2, 0.25) is 0 Å². The number of hydrogen-bond donors (Lipinski definition) is 0. The van der Waals surface area contributed by atoms with Gasteiger partial charge in [-0.05, 0) is 90.7 Å². The molecule has 1 heteroatoms. The predicted octanol–water partition coefficient (Wildman–Crippen LogP) is 8.51. The van der Waals surface area contributed by atoms with E-state index in [4.69, 9.17) is 4.74 Å². The first-order valence-corrected chi connectivity index (χ1v) is 12.3. The quantitative estimate of drug-likeness (QED) is 0.429. The van der Waals surface area contributed by atoms with Crippen molar-refractivity contribution in [3.63, 3.8) is 0 Å². The van der Waals surface area contributed by atoms with Crippen molar-refractivity contribution in [2.75, 3.05) is 7.11 Å². The second-order valence-electron chi connectivity index (χ2n) is 9.86. The molecular formula is C28H40O. The van der Waals surface area contributed by atoms with Gasteiger partial charge in [-0.2, -0.15) is 0 Å². The van der Waals surface area contributed by atoms with Crippen LogP contribution in [0.25, 0.3) is 10.8 Å². The first-order chi connectivity index (χ1) is 14.3. The molecule has 4 rings (SSSR count). The van der Waals surface area contributed by atoms with Crippen molar-refractivity contribution in [2.24, 2.45) is 17.8 Å². The molecule has 2 saturated carbocycles. The van der Waals surface area contributed by atoms with Crippen molar-refractivity contribution < 1.29 is 4.74 Å². The first-order valence-electron chi connectivity index (χ1n) is 12.3. The molecule has 2 fully saturated rings. The molecule has 2 aliphatic rings. The monoisotopic (exact) mass is 392 g/mol. The van der Waals surface area contributed by atoms with Gasteiger partial charge in [0.05, 0.1) is 7.11 Å². The third-order valence-corrected chi connectivity index (χ3v) is 8.09. The van der Waals surface area contributed by atoms with Crippen molar-refractivity contribution in [3.8, 4) is 5.75 Å². The van der Waals surface area contributed by atoms with Crippen LogP contribution < -0.4 is 4.74 Å². The highest BCUT2D eigenvalue weighted by molar-refractivity contribution is 5.84. The second kappa shape index (κ2) is 10.0. The topological polar surface area (TPSA) is 9.23 Å². The van der Waals surface area contributed by atoms with Crippen LogP contribution in [0.4, 0.5) is 0 Å². The minimum absolute atomic E-state index is 0.767. The minimum Gasteiger partial charge on any atom is -0.497 e. The summed E-state index contributed by atoms with van der Waals surface area (Å²) >= 11 is 0. The Labute approximate surface area is 178 Å². The SMILES string of the molecule is CCCCCC1CCC(C2CCC(c3ccc4cc(OC)ccc4c3)CC2)CC1. The molecule has 0 N–H and O–H groups in total. The van der Waals surface area contributed by atoms with Crippen LogP contribution in [-0.2, 0) is 0 Å². The molecule has 2 aromatic rings. The standard InChI is InChI=1S/C28H40O/c1-3-4-5-6-21-7-9-22(10-8-21)23-11-13-24(14-12-23)25-15-16-27-20-28(29-2)18-17-26(27)19-25/h15-24H,3-14H2,1-2H3. The van der Waals surface area contributed by atoms with Crippen molar-refractivity contribution in [2.45, 2.75) is 89.9 Å². The van der Waals surface area contributed by atoms with Gasteiger partial charge < -0.3 is 4.74 Å². The van der Waals surface area contributed by atoms with Gasteiger partial charge in [-0.15, -0.1) is 0 Å². The molecule has 0 bridgehead atoms. The molecule has 0 spiro atoms. The van der Waals surface area contributed by atoms with Gasteiger partial charge in [-0.3, -0.25) is 0 Å². The number of ether oxygens (including phenoxy) is 1. The van der Waals surface area contributed by atoms with Gasteiger partial charge in [-0.1, -0.05) is 69.7 Å². The highest BCUT2D eigenvalue weighted by atomic mass is 16.5. The number of fused-ring (bicyclic) bond motifs is 1. The maximum absolute atomic E-state index is 5.37. The normalized spacial score (nSPS) is 27.8. The lowest BCUT2D eigenvalue weighted by Crippen LogP contribution is -2.25. The number of unbranched alkanes of at least 4 members (excludes halogenated alkanes) is 2. The highest BCUT2D eigenvalue weighted by Crippen LogP contribution is 2.44. The van der Waals surface area contributed by atoms with Crippen molar-refractivity contribution in [1.29, 1.82) is 0 Å². The Hall–Kier alpha value is -1.50. The molecule has 2 aliphatic carbocycles. The minimum atomic E-state index is 0.767. The van der Waals surface area contributed by atoms with E-state index in [0.717, 1.165) is 29.4 Å². The van der Waals surface area contributed by atoms with Crippen LogP contribution in [0.15, 0.2) is 36.4 Å². The van der Waals surface area contributed by atoms with Gasteiger partial charge >= 0.3 is 0 Å². The van der Waals surface area contributed by atoms with Crippen LogP contribution in [-0.4, -0.2) is 7.11 Å². The van der Waals surface area contributed by atoms with Crippen LogP contribution in [0.3, 0.4) is 0 Å². The molecule has 0 aliphatic heterocycles. The summed E-state index contributed by atoms with van der Waals surface area (Å²) in [6, 6.07) is 13.5. The van der Waals surface area contributed by atoms with Crippen LogP contribution in [0.1, 0.15) is 95.5 Å². The van der Waals surface area contributed by atoms with Crippen molar-refractivity contribution in [3.05, 3.63) is 42.0 Å². The van der Waals surface area contributed by atoms with E-state index in [2.05, 4.69) is 43.3 Å². The summed E-state index contributed by atoms with van der Waals surface area (Å²) in [6.07, 6.45) is 17.5. The fraction of sp³-hybridized carbons (Fsp3) is 0.643. The lowest BCUT2D eigenvalue weighted by atomic mass is 9.68. The molecule has 0 aromatic heterocycles. The largest absolute Gasteiger partial charge is 0.497 e. The maximum Gasteiger partial charge on any atom is 0.119 e. The van der Waals surface area contributed by atoms with E-state index in [0.29, 0.717) is 0 Å². The third-order valence-electron chi connectivity index (χ3n) is 8.09. The van der Waals surface area contributed by atoms with E-state index in [1.165, 1.54) is 87.8 Å². The fourth-order valence-electron chi connectivity index (χ4n) is 6.18. The zero-order valence-electron chi connectivity index (χ0n) is 18.7. The summed E-state index contributed by atoms with van der Waals surface area (Å²) in [4.78, 5) is 0. The number of methoxy groups -OCH3 is 1. The van der Waals surface area contributed by atoms with E-state index in [9.17, 15) is 0 Å². The molecule has 0 saturated heterocycles. The summed E-state index contributed by atoms with van der Waals surface area (Å²) in [7, 11) is 1.74. The average molecular weight is 393 g/mol. The molecule has 0 unspecified atom stereocenters. The van der Waals surface area contributed by atoms with Gasteiger partial charge in [0, 0.05) is 0 Å². The van der Waals surface area contributed by atoms with Gasteiger partial charge in [0.1, 0.15) is 5.75 Å². The van der Waals surface area contributed by atoms with Crippen molar-refractivity contribution in [1.82, 2.24) is 0 Å². The van der Waals surface area contributed by atoms with E-state index >= 15 is 0 Å². The predicted molar refractivity (Wildman–Crippen MR) is 125 cm³/mol. The van der Waals surface area contributed by atoms with E-state index in [-0.39, 0.29) is 0 Å². The molecule has 1 nitrogen and oxygen atoms in total. The van der Waals surface area contributed by atoms with Gasteiger partial charge in [0.25, 0.3) is 0 Å². The maximum atomic E-state index is 5.37. The van der Waals surface area contributed by atoms with Crippen LogP contribution >= 0.6 is 0 Å². The van der Waals surface area contributed by atoms with Crippen LogP contribution in [0, 0.1) is 17.8 Å². The lowest BCUT2D eigenvalue weighted by molar-refractivity contribution is 0.155. The highest BCUT2D eigenvalue weighted by Gasteiger charge is 2.31. The summed E-state index contributed by atoms with van der Waals surface area (Å²) < 4.78 is 5.37. The van der Waals surface area contributed by atoms with Crippen LogP contribution in [0.5, 0.6) is 5.75 Å². The number of hydrogen-bond acceptors (Lipinski definition) is 1.